The Labute approximate surface area is 194 Å². The number of ether oxygens (including phenoxy) is 1. The molecule has 3 rings (SSSR count). The van der Waals surface area contributed by atoms with Crippen LogP contribution in [0.3, 0.4) is 0 Å². The second kappa shape index (κ2) is 9.13. The van der Waals surface area contributed by atoms with Crippen LogP contribution in [-0.4, -0.2) is 29.8 Å². The second-order valence-corrected chi connectivity index (χ2v) is 9.61. The molecule has 0 spiro atoms. The maximum absolute atomic E-state index is 14.3. The molecule has 2 aromatic rings. The molecular formula is C23H23BrFN5O2. The van der Waals surface area contributed by atoms with Gasteiger partial charge in [0.2, 0.25) is 0 Å². The van der Waals surface area contributed by atoms with E-state index in [1.54, 1.807) is 18.3 Å². The minimum atomic E-state index is -0.805. The number of anilines is 1. The van der Waals surface area contributed by atoms with Crippen molar-refractivity contribution in [3.05, 3.63) is 45.8 Å². The molecule has 2 unspecified atom stereocenters. The lowest BCUT2D eigenvalue weighted by molar-refractivity contribution is 0.0668. The molecule has 2 atom stereocenters. The average Bonchev–Trinajstić information content (AvgIpc) is 2.72. The zero-order valence-electron chi connectivity index (χ0n) is 18.0. The van der Waals surface area contributed by atoms with E-state index in [2.05, 4.69) is 52.7 Å². The number of nitrogens with two attached hydrogens (primary N) is 1. The first-order valence-corrected chi connectivity index (χ1v) is 10.9. The van der Waals surface area contributed by atoms with Gasteiger partial charge in [0.15, 0.2) is 0 Å². The van der Waals surface area contributed by atoms with E-state index in [-0.39, 0.29) is 23.1 Å². The van der Waals surface area contributed by atoms with Crippen LogP contribution in [0.5, 0.6) is 0 Å². The van der Waals surface area contributed by atoms with Gasteiger partial charge in [-0.25, -0.2) is 14.2 Å². The van der Waals surface area contributed by atoms with Gasteiger partial charge in [-0.2, -0.15) is 10.5 Å². The highest BCUT2D eigenvalue weighted by Gasteiger charge is 2.39. The normalized spacial score (nSPS) is 18.5. The molecule has 0 bridgehead atoms. The molecule has 9 heteroatoms. The summed E-state index contributed by atoms with van der Waals surface area (Å²) in [5, 5.41) is 19.1. The van der Waals surface area contributed by atoms with Crippen LogP contribution in [0.25, 0.3) is 11.1 Å². The molecule has 166 valence electrons. The van der Waals surface area contributed by atoms with Gasteiger partial charge in [-0.15, -0.1) is 0 Å². The summed E-state index contributed by atoms with van der Waals surface area (Å²) < 4.78 is 20.1. The predicted octanol–water partition coefficient (Wildman–Crippen LogP) is 4.87. The summed E-state index contributed by atoms with van der Waals surface area (Å²) in [4.78, 5) is 17.9. The lowest BCUT2D eigenvalue weighted by Gasteiger charge is -2.46. The zero-order valence-corrected chi connectivity index (χ0v) is 19.6. The molecule has 0 radical (unpaired) electrons. The van der Waals surface area contributed by atoms with E-state index in [9.17, 15) is 14.4 Å². The van der Waals surface area contributed by atoms with Crippen molar-refractivity contribution >= 4 is 27.8 Å². The Kier molecular flexibility index (Phi) is 6.71. The van der Waals surface area contributed by atoms with Gasteiger partial charge < -0.3 is 15.4 Å². The van der Waals surface area contributed by atoms with Crippen molar-refractivity contribution in [2.24, 2.45) is 11.1 Å². The van der Waals surface area contributed by atoms with E-state index in [0.717, 1.165) is 0 Å². The van der Waals surface area contributed by atoms with E-state index < -0.39 is 11.9 Å². The van der Waals surface area contributed by atoms with Crippen molar-refractivity contribution in [2.45, 2.75) is 45.8 Å². The van der Waals surface area contributed by atoms with Crippen LogP contribution in [0.2, 0.25) is 0 Å². The molecule has 2 heterocycles. The lowest BCUT2D eigenvalue weighted by atomic mass is 9.79. The summed E-state index contributed by atoms with van der Waals surface area (Å²) >= 11 is 3.44. The third-order valence-electron chi connectivity index (χ3n) is 5.61. The smallest absolute Gasteiger partial charge is 0.404 e. The van der Waals surface area contributed by atoms with Crippen molar-refractivity contribution < 1.29 is 13.9 Å². The van der Waals surface area contributed by atoms with Gasteiger partial charge in [0.25, 0.3) is 0 Å². The van der Waals surface area contributed by atoms with Crippen LogP contribution < -0.4 is 10.6 Å². The molecule has 7 nitrogen and oxygen atoms in total. The first-order valence-electron chi connectivity index (χ1n) is 10.1. The topological polar surface area (TPSA) is 116 Å². The van der Waals surface area contributed by atoms with Crippen molar-refractivity contribution in [1.82, 2.24) is 4.98 Å². The number of halogens is 2. The summed E-state index contributed by atoms with van der Waals surface area (Å²) in [6, 6.07) is 8.20. The van der Waals surface area contributed by atoms with Gasteiger partial charge in [-0.3, -0.25) is 0 Å². The summed E-state index contributed by atoms with van der Waals surface area (Å²) in [6.07, 6.45) is 1.55. The fourth-order valence-corrected chi connectivity index (χ4v) is 4.65. The Hall–Kier alpha value is -3.17. The Morgan fingerprint density at radius 2 is 2.06 bits per heavy atom. The molecule has 1 saturated heterocycles. The van der Waals surface area contributed by atoms with Crippen LogP contribution in [0.1, 0.15) is 44.7 Å². The van der Waals surface area contributed by atoms with Crippen molar-refractivity contribution in [2.75, 3.05) is 11.4 Å². The average molecular weight is 500 g/mol. The molecule has 1 amide bonds. The van der Waals surface area contributed by atoms with Crippen LogP contribution in [0.4, 0.5) is 15.0 Å². The number of nitriles is 2. The molecule has 0 aliphatic carbocycles. The lowest BCUT2D eigenvalue weighted by Crippen LogP contribution is -2.52. The summed E-state index contributed by atoms with van der Waals surface area (Å²) in [5.74, 6) is -0.177. The van der Waals surface area contributed by atoms with Crippen LogP contribution in [-0.2, 0) is 4.74 Å². The van der Waals surface area contributed by atoms with Crippen molar-refractivity contribution in [3.63, 3.8) is 0 Å². The monoisotopic (exact) mass is 499 g/mol. The maximum Gasteiger partial charge on any atom is 0.404 e. The van der Waals surface area contributed by atoms with Crippen LogP contribution in [0.15, 0.2) is 28.9 Å². The number of benzene rings is 1. The van der Waals surface area contributed by atoms with Crippen molar-refractivity contribution in [1.29, 1.82) is 10.5 Å². The van der Waals surface area contributed by atoms with E-state index >= 15 is 0 Å². The fourth-order valence-electron chi connectivity index (χ4n) is 4.12. The number of primary amides is 1. The second-order valence-electron chi connectivity index (χ2n) is 8.76. The standard InChI is InChI=1S/C23H23BrFN5O2/c1-23(2,3)19-9-15(32-22(28)31)6-7-30(19)21-16(11-27)20(17(24)12-29-21)13-4-5-14(10-26)18(25)8-13/h4-5,8,12,15,19H,6-7,9H2,1-3H3,(H2,28,31). The highest BCUT2D eigenvalue weighted by atomic mass is 79.9. The number of amides is 1. The predicted molar refractivity (Wildman–Crippen MR) is 121 cm³/mol. The third-order valence-corrected chi connectivity index (χ3v) is 6.21. The largest absolute Gasteiger partial charge is 0.446 e. The number of aromatic nitrogens is 1. The van der Waals surface area contributed by atoms with Gasteiger partial charge in [0, 0.05) is 41.7 Å². The quantitative estimate of drug-likeness (QED) is 0.643. The molecule has 1 aliphatic heterocycles. The number of nitrogens with zero attached hydrogens (tertiary/aromatic N) is 4. The highest BCUT2D eigenvalue weighted by Crippen LogP contribution is 2.41. The highest BCUT2D eigenvalue weighted by molar-refractivity contribution is 9.10. The molecule has 1 aromatic heterocycles. The summed E-state index contributed by atoms with van der Waals surface area (Å²) in [7, 11) is 0. The van der Waals surface area contributed by atoms with Gasteiger partial charge >= 0.3 is 6.09 Å². The summed E-state index contributed by atoms with van der Waals surface area (Å²) in [6.45, 7) is 6.71. The Bertz CT molecular complexity index is 1130. The molecular weight excluding hydrogens is 477 g/mol. The summed E-state index contributed by atoms with van der Waals surface area (Å²) in [5.41, 5.74) is 6.20. The Balaban J connectivity index is 2.11. The fraction of sp³-hybridized carbons (Fsp3) is 0.391. The SMILES string of the molecule is CC(C)(C)C1CC(OC(N)=O)CCN1c1ncc(Br)c(-c2ccc(C#N)c(F)c2)c1C#N. The van der Waals surface area contributed by atoms with Gasteiger partial charge in [-0.1, -0.05) is 26.8 Å². The van der Waals surface area contributed by atoms with Gasteiger partial charge in [-0.05, 0) is 39.0 Å². The number of hydrogen-bond acceptors (Lipinski definition) is 6. The van der Waals surface area contributed by atoms with E-state index in [1.165, 1.54) is 12.1 Å². The van der Waals surface area contributed by atoms with Crippen LogP contribution in [0, 0.1) is 33.9 Å². The Morgan fingerprint density at radius 1 is 1.34 bits per heavy atom. The molecule has 1 fully saturated rings. The number of carbonyl (C=O) groups excluding carboxylic acids is 1. The molecule has 0 saturated carbocycles. The minimum Gasteiger partial charge on any atom is -0.446 e. The molecule has 1 aromatic carbocycles. The number of piperidine rings is 1. The van der Waals surface area contributed by atoms with Gasteiger partial charge in [0.1, 0.15) is 35.4 Å². The molecule has 2 N–H and O–H groups in total. The maximum atomic E-state index is 14.3. The van der Waals surface area contributed by atoms with E-state index in [1.807, 2.05) is 0 Å². The third kappa shape index (κ3) is 4.68. The van der Waals surface area contributed by atoms with E-state index in [0.29, 0.717) is 46.4 Å². The first-order chi connectivity index (χ1) is 15.1. The van der Waals surface area contributed by atoms with Crippen LogP contribution >= 0.6 is 15.9 Å². The number of carbonyl (C=O) groups is 1. The zero-order chi connectivity index (χ0) is 23.6. The van der Waals surface area contributed by atoms with Crippen molar-refractivity contribution in [3.8, 4) is 23.3 Å². The number of hydrogen-bond donors (Lipinski definition) is 1. The molecule has 32 heavy (non-hydrogen) atoms. The first kappa shape index (κ1) is 23.5. The Morgan fingerprint density at radius 3 is 2.62 bits per heavy atom. The van der Waals surface area contributed by atoms with Gasteiger partial charge in [0.05, 0.1) is 5.56 Å². The van der Waals surface area contributed by atoms with E-state index in [4.69, 9.17) is 15.7 Å². The number of rotatable bonds is 3. The number of pyridine rings is 1. The molecule has 1 aliphatic rings. The minimum absolute atomic E-state index is 0.0676.